The number of halogens is 1. The third kappa shape index (κ3) is 5.27. The van der Waals surface area contributed by atoms with Crippen molar-refractivity contribution in [3.8, 4) is 11.5 Å². The first-order valence-electron chi connectivity index (χ1n) is 9.80. The first-order chi connectivity index (χ1) is 13.2. The van der Waals surface area contributed by atoms with Gasteiger partial charge in [-0.1, -0.05) is 49.7 Å². The van der Waals surface area contributed by atoms with Crippen LogP contribution < -0.4 is 14.8 Å². The van der Waals surface area contributed by atoms with Crippen molar-refractivity contribution < 1.29 is 9.47 Å². The van der Waals surface area contributed by atoms with E-state index in [-0.39, 0.29) is 6.04 Å². The summed E-state index contributed by atoms with van der Waals surface area (Å²) in [7, 11) is 0. The van der Waals surface area contributed by atoms with Crippen LogP contribution in [-0.2, 0) is 6.42 Å². The average Bonchev–Trinajstić information content (AvgIpc) is 2.70. The number of rotatable bonds is 8. The SMILES string of the molecule is CCCOc1cc2c(cc1OCCC)C(/C=C/c1ccc(Cl)cc1)NCC2. The molecule has 1 aliphatic heterocycles. The Balaban J connectivity index is 1.87. The Morgan fingerprint density at radius 2 is 1.70 bits per heavy atom. The molecule has 1 atom stereocenters. The van der Waals surface area contributed by atoms with Gasteiger partial charge in [0.1, 0.15) is 0 Å². The van der Waals surface area contributed by atoms with E-state index in [9.17, 15) is 0 Å². The summed E-state index contributed by atoms with van der Waals surface area (Å²) < 4.78 is 11.9. The lowest BCUT2D eigenvalue weighted by Gasteiger charge is -2.26. The molecule has 0 saturated carbocycles. The summed E-state index contributed by atoms with van der Waals surface area (Å²) in [5.41, 5.74) is 3.73. The fourth-order valence-electron chi connectivity index (χ4n) is 3.20. The lowest BCUT2D eigenvalue weighted by atomic mass is 9.93. The Hall–Kier alpha value is -1.97. The minimum atomic E-state index is 0.161. The summed E-state index contributed by atoms with van der Waals surface area (Å²) >= 11 is 5.98. The molecular weight excluding hydrogens is 358 g/mol. The van der Waals surface area contributed by atoms with Crippen molar-refractivity contribution in [2.45, 2.75) is 39.2 Å². The zero-order chi connectivity index (χ0) is 19.1. The molecule has 0 fully saturated rings. The van der Waals surface area contributed by atoms with E-state index in [4.69, 9.17) is 21.1 Å². The molecule has 1 unspecified atom stereocenters. The maximum absolute atomic E-state index is 5.98. The molecule has 0 aromatic heterocycles. The second-order valence-electron chi connectivity index (χ2n) is 6.79. The number of hydrogen-bond donors (Lipinski definition) is 1. The monoisotopic (exact) mass is 385 g/mol. The molecule has 0 radical (unpaired) electrons. The molecule has 1 aliphatic rings. The summed E-state index contributed by atoms with van der Waals surface area (Å²) in [5.74, 6) is 1.71. The molecule has 1 N–H and O–H groups in total. The number of hydrogen-bond acceptors (Lipinski definition) is 3. The molecule has 3 rings (SSSR count). The third-order valence-electron chi connectivity index (χ3n) is 4.57. The van der Waals surface area contributed by atoms with E-state index >= 15 is 0 Å². The highest BCUT2D eigenvalue weighted by Crippen LogP contribution is 2.36. The fraction of sp³-hybridized carbons (Fsp3) is 0.391. The van der Waals surface area contributed by atoms with Crippen molar-refractivity contribution in [1.29, 1.82) is 0 Å². The molecule has 0 spiro atoms. The fourth-order valence-corrected chi connectivity index (χ4v) is 3.32. The van der Waals surface area contributed by atoms with E-state index in [1.807, 2.05) is 24.3 Å². The number of fused-ring (bicyclic) bond motifs is 1. The Morgan fingerprint density at radius 1 is 1.04 bits per heavy atom. The topological polar surface area (TPSA) is 30.5 Å². The van der Waals surface area contributed by atoms with E-state index < -0.39 is 0 Å². The lowest BCUT2D eigenvalue weighted by molar-refractivity contribution is 0.267. The highest BCUT2D eigenvalue weighted by molar-refractivity contribution is 6.30. The third-order valence-corrected chi connectivity index (χ3v) is 4.83. The van der Waals surface area contributed by atoms with E-state index in [1.165, 1.54) is 11.1 Å². The van der Waals surface area contributed by atoms with Crippen molar-refractivity contribution in [1.82, 2.24) is 5.32 Å². The Labute approximate surface area is 167 Å². The van der Waals surface area contributed by atoms with E-state index in [1.54, 1.807) is 0 Å². The van der Waals surface area contributed by atoms with Gasteiger partial charge in [-0.05, 0) is 60.2 Å². The Kier molecular flexibility index (Phi) is 7.19. The molecule has 0 bridgehead atoms. The normalized spacial score (nSPS) is 16.3. The molecular formula is C23H28ClNO2. The van der Waals surface area contributed by atoms with Crippen LogP contribution in [0, 0.1) is 0 Å². The quantitative estimate of drug-likeness (QED) is 0.621. The van der Waals surface area contributed by atoms with Gasteiger partial charge in [-0.15, -0.1) is 0 Å². The maximum Gasteiger partial charge on any atom is 0.161 e. The molecule has 0 amide bonds. The van der Waals surface area contributed by atoms with Crippen LogP contribution in [0.15, 0.2) is 42.5 Å². The van der Waals surface area contributed by atoms with Crippen LogP contribution in [0.25, 0.3) is 6.08 Å². The van der Waals surface area contributed by atoms with Crippen LogP contribution in [0.5, 0.6) is 11.5 Å². The van der Waals surface area contributed by atoms with Gasteiger partial charge in [0.15, 0.2) is 11.5 Å². The van der Waals surface area contributed by atoms with Crippen LogP contribution >= 0.6 is 11.6 Å². The average molecular weight is 386 g/mol. The predicted molar refractivity (Wildman–Crippen MR) is 113 cm³/mol. The van der Waals surface area contributed by atoms with Crippen molar-refractivity contribution in [2.75, 3.05) is 19.8 Å². The largest absolute Gasteiger partial charge is 0.490 e. The van der Waals surface area contributed by atoms with Gasteiger partial charge in [0, 0.05) is 11.6 Å². The van der Waals surface area contributed by atoms with Gasteiger partial charge in [-0.25, -0.2) is 0 Å². The Morgan fingerprint density at radius 3 is 2.37 bits per heavy atom. The van der Waals surface area contributed by atoms with Crippen molar-refractivity contribution >= 4 is 17.7 Å². The van der Waals surface area contributed by atoms with Gasteiger partial charge < -0.3 is 14.8 Å². The van der Waals surface area contributed by atoms with E-state index in [0.717, 1.165) is 47.9 Å². The smallest absolute Gasteiger partial charge is 0.161 e. The highest BCUT2D eigenvalue weighted by Gasteiger charge is 2.21. The van der Waals surface area contributed by atoms with Crippen molar-refractivity contribution in [3.05, 3.63) is 64.2 Å². The predicted octanol–water partition coefficient (Wildman–Crippen LogP) is 5.82. The van der Waals surface area contributed by atoms with Crippen molar-refractivity contribution in [3.63, 3.8) is 0 Å². The Bertz CT molecular complexity index is 771. The zero-order valence-electron chi connectivity index (χ0n) is 16.1. The molecule has 2 aromatic carbocycles. The summed E-state index contributed by atoms with van der Waals surface area (Å²) in [6.45, 7) is 6.58. The van der Waals surface area contributed by atoms with E-state index in [0.29, 0.717) is 13.2 Å². The summed E-state index contributed by atoms with van der Waals surface area (Å²) in [5, 5.41) is 4.35. The first-order valence-corrected chi connectivity index (χ1v) is 10.2. The molecule has 1 heterocycles. The highest BCUT2D eigenvalue weighted by atomic mass is 35.5. The van der Waals surface area contributed by atoms with Crippen LogP contribution in [0.2, 0.25) is 5.02 Å². The van der Waals surface area contributed by atoms with Crippen LogP contribution in [-0.4, -0.2) is 19.8 Å². The van der Waals surface area contributed by atoms with Gasteiger partial charge in [0.25, 0.3) is 0 Å². The van der Waals surface area contributed by atoms with Crippen LogP contribution in [0.1, 0.15) is 49.4 Å². The van der Waals surface area contributed by atoms with E-state index in [2.05, 4.69) is 43.4 Å². The molecule has 144 valence electrons. The molecule has 2 aromatic rings. The molecule has 0 aliphatic carbocycles. The molecule has 0 saturated heterocycles. The van der Waals surface area contributed by atoms with Crippen molar-refractivity contribution in [2.24, 2.45) is 0 Å². The summed E-state index contributed by atoms with van der Waals surface area (Å²) in [6, 6.07) is 12.4. The number of nitrogens with one attached hydrogen (secondary N) is 1. The van der Waals surface area contributed by atoms with Gasteiger partial charge >= 0.3 is 0 Å². The van der Waals surface area contributed by atoms with Gasteiger partial charge in [0.2, 0.25) is 0 Å². The first kappa shape index (κ1) is 19.8. The summed E-state index contributed by atoms with van der Waals surface area (Å²) in [6.07, 6.45) is 7.30. The van der Waals surface area contributed by atoms with Crippen LogP contribution in [0.4, 0.5) is 0 Å². The second kappa shape index (κ2) is 9.82. The van der Waals surface area contributed by atoms with Gasteiger partial charge in [-0.2, -0.15) is 0 Å². The molecule has 3 nitrogen and oxygen atoms in total. The second-order valence-corrected chi connectivity index (χ2v) is 7.22. The lowest BCUT2D eigenvalue weighted by Crippen LogP contribution is -2.28. The standard InChI is InChI=1S/C23H28ClNO2/c1-3-13-26-22-15-18-11-12-25-21(20(18)16-23(22)27-14-4-2)10-7-17-5-8-19(24)9-6-17/h5-10,15-16,21,25H,3-4,11-14H2,1-2H3/b10-7+. The minimum absolute atomic E-state index is 0.161. The zero-order valence-corrected chi connectivity index (χ0v) is 16.9. The molecule has 4 heteroatoms. The minimum Gasteiger partial charge on any atom is -0.490 e. The number of benzene rings is 2. The maximum atomic E-state index is 5.98. The molecule has 27 heavy (non-hydrogen) atoms. The number of ether oxygens (including phenoxy) is 2. The van der Waals surface area contributed by atoms with Crippen LogP contribution in [0.3, 0.4) is 0 Å². The van der Waals surface area contributed by atoms with Gasteiger partial charge in [-0.3, -0.25) is 0 Å². The van der Waals surface area contributed by atoms with Gasteiger partial charge in [0.05, 0.1) is 19.3 Å². The summed E-state index contributed by atoms with van der Waals surface area (Å²) in [4.78, 5) is 0.